The van der Waals surface area contributed by atoms with Crippen LogP contribution in [0.4, 0.5) is 23.7 Å². The molecule has 1 aromatic rings. The topological polar surface area (TPSA) is 123 Å². The summed E-state index contributed by atoms with van der Waals surface area (Å²) in [6.45, 7) is 2.96. The van der Waals surface area contributed by atoms with E-state index in [1.807, 2.05) is 6.07 Å². The Hall–Kier alpha value is -2.76. The SMILES string of the molecule is N#CC1(NC(=O)O[C@H]2C[C@@H](S(=O)(=O)c3ccc(N4CCN5CCC[C@H]5C4)cc3Cl)CN2C(=O)C2(C(F)(F)F)CC2)CC1. The number of fused-ring (bicyclic) bond motifs is 1. The zero-order valence-corrected chi connectivity index (χ0v) is 24.3. The molecule has 5 fully saturated rings. The molecular weight excluding hydrogens is 599 g/mol. The molecule has 0 bridgehead atoms. The van der Waals surface area contributed by atoms with E-state index in [-0.39, 0.29) is 9.92 Å². The Balaban J connectivity index is 1.22. The summed E-state index contributed by atoms with van der Waals surface area (Å²) >= 11 is 6.51. The van der Waals surface area contributed by atoms with E-state index >= 15 is 0 Å². The number of alkyl halides is 3. The predicted molar refractivity (Wildman–Crippen MR) is 144 cm³/mol. The quantitative estimate of drug-likeness (QED) is 0.508. The standard InChI is InChI=1S/C27H31ClF3N5O5S/c28-20-12-17(35-11-10-34-9-1-2-18(34)14-35)3-4-21(20)42(39,40)19-13-22(41-24(38)33-25(16-32)5-6-25)36(15-19)23(37)26(7-8-26)27(29,30)31/h3-4,12,18-19,22H,1-2,5-11,13-15H2,(H,33,38)/t18-,19+,22-/m0/s1. The number of likely N-dealkylation sites (tertiary alicyclic amines) is 1. The van der Waals surface area contributed by atoms with Gasteiger partial charge in [0.05, 0.1) is 21.2 Å². The van der Waals surface area contributed by atoms with Crippen LogP contribution in [0.3, 0.4) is 0 Å². The third kappa shape index (κ3) is 5.07. The van der Waals surface area contributed by atoms with Crippen molar-refractivity contribution in [3.63, 3.8) is 0 Å². The molecule has 3 aliphatic heterocycles. The number of rotatable bonds is 6. The van der Waals surface area contributed by atoms with Crippen molar-refractivity contribution in [1.29, 1.82) is 5.26 Å². The molecule has 3 atom stereocenters. The minimum absolute atomic E-state index is 0.0278. The third-order valence-electron chi connectivity index (χ3n) is 9.34. The Morgan fingerprint density at radius 2 is 1.86 bits per heavy atom. The molecule has 3 heterocycles. The Kier molecular flexibility index (Phi) is 7.09. The summed E-state index contributed by atoms with van der Waals surface area (Å²) in [6.07, 6.45) is -5.79. The van der Waals surface area contributed by atoms with Crippen LogP contribution in [0.1, 0.15) is 44.9 Å². The van der Waals surface area contributed by atoms with Gasteiger partial charge < -0.3 is 19.9 Å². The maximum atomic E-state index is 13.8. The van der Waals surface area contributed by atoms with Crippen LogP contribution in [-0.2, 0) is 19.4 Å². The molecule has 228 valence electrons. The zero-order valence-electron chi connectivity index (χ0n) is 22.7. The molecule has 2 saturated carbocycles. The van der Waals surface area contributed by atoms with Crippen molar-refractivity contribution in [3.8, 4) is 6.07 Å². The number of hydrogen-bond acceptors (Lipinski definition) is 8. The molecule has 0 aromatic heterocycles. The summed E-state index contributed by atoms with van der Waals surface area (Å²) in [4.78, 5) is 30.9. The number of carbonyl (C=O) groups is 2. The number of sulfone groups is 1. The Morgan fingerprint density at radius 3 is 2.48 bits per heavy atom. The van der Waals surface area contributed by atoms with Gasteiger partial charge in [-0.2, -0.15) is 18.4 Å². The molecule has 6 rings (SSSR count). The number of alkyl carbamates (subject to hydrolysis) is 1. The fraction of sp³-hybridized carbons (Fsp3) is 0.667. The van der Waals surface area contributed by atoms with Gasteiger partial charge in [-0.25, -0.2) is 13.2 Å². The van der Waals surface area contributed by atoms with Crippen LogP contribution in [0.15, 0.2) is 23.1 Å². The number of nitrogens with one attached hydrogen (secondary N) is 1. The maximum Gasteiger partial charge on any atom is 0.410 e. The minimum atomic E-state index is -4.84. The van der Waals surface area contributed by atoms with Crippen LogP contribution in [-0.4, -0.2) is 92.2 Å². The van der Waals surface area contributed by atoms with Gasteiger partial charge in [-0.3, -0.25) is 9.69 Å². The molecule has 15 heteroatoms. The highest BCUT2D eigenvalue weighted by Crippen LogP contribution is 2.59. The lowest BCUT2D eigenvalue weighted by molar-refractivity contribution is -0.201. The number of ether oxygens (including phenoxy) is 1. The average molecular weight is 630 g/mol. The minimum Gasteiger partial charge on any atom is -0.425 e. The molecule has 3 saturated heterocycles. The molecule has 42 heavy (non-hydrogen) atoms. The molecule has 5 aliphatic rings. The lowest BCUT2D eigenvalue weighted by atomic mass is 10.1. The molecule has 0 radical (unpaired) electrons. The normalized spacial score (nSPS) is 28.1. The highest BCUT2D eigenvalue weighted by Gasteiger charge is 2.70. The second-order valence-corrected chi connectivity index (χ2v) is 14.6. The lowest BCUT2D eigenvalue weighted by Crippen LogP contribution is -2.50. The van der Waals surface area contributed by atoms with Gasteiger partial charge in [-0.15, -0.1) is 0 Å². The van der Waals surface area contributed by atoms with E-state index in [1.54, 1.807) is 12.1 Å². The lowest BCUT2D eigenvalue weighted by Gasteiger charge is -2.39. The number of halogens is 4. The molecule has 10 nitrogen and oxygen atoms in total. The average Bonchev–Trinajstić information content (AvgIpc) is 3.82. The molecule has 0 unspecified atom stereocenters. The van der Waals surface area contributed by atoms with Crippen LogP contribution in [0.25, 0.3) is 0 Å². The smallest absolute Gasteiger partial charge is 0.410 e. The maximum absolute atomic E-state index is 13.8. The van der Waals surface area contributed by atoms with E-state index in [4.69, 9.17) is 16.3 Å². The van der Waals surface area contributed by atoms with Gasteiger partial charge >= 0.3 is 12.3 Å². The van der Waals surface area contributed by atoms with Crippen molar-refractivity contribution in [1.82, 2.24) is 15.1 Å². The van der Waals surface area contributed by atoms with E-state index < -0.39 is 76.3 Å². The van der Waals surface area contributed by atoms with Crippen molar-refractivity contribution >= 4 is 39.1 Å². The van der Waals surface area contributed by atoms with Gasteiger partial charge in [-0.05, 0) is 63.3 Å². The molecule has 0 spiro atoms. The van der Waals surface area contributed by atoms with E-state index in [0.29, 0.717) is 23.8 Å². The highest BCUT2D eigenvalue weighted by atomic mass is 35.5. The molecule has 2 aliphatic carbocycles. The number of nitrogens with zero attached hydrogens (tertiary/aromatic N) is 4. The number of benzene rings is 1. The summed E-state index contributed by atoms with van der Waals surface area (Å²) in [7, 11) is -4.25. The van der Waals surface area contributed by atoms with E-state index in [2.05, 4.69) is 15.1 Å². The number of amides is 2. The first kappa shape index (κ1) is 29.3. The summed E-state index contributed by atoms with van der Waals surface area (Å²) in [6, 6.07) is 7.02. The molecular formula is C27H31ClF3N5O5S. The second-order valence-electron chi connectivity index (χ2n) is 12.0. The molecule has 1 aromatic carbocycles. The first-order valence-corrected chi connectivity index (χ1v) is 16.0. The monoisotopic (exact) mass is 629 g/mol. The van der Waals surface area contributed by atoms with Crippen molar-refractivity contribution in [2.75, 3.05) is 37.6 Å². The highest BCUT2D eigenvalue weighted by molar-refractivity contribution is 7.92. The van der Waals surface area contributed by atoms with Crippen molar-refractivity contribution in [2.24, 2.45) is 5.41 Å². The van der Waals surface area contributed by atoms with E-state index in [0.717, 1.165) is 44.7 Å². The second kappa shape index (κ2) is 10.2. The number of carbonyl (C=O) groups excluding carboxylic acids is 2. The van der Waals surface area contributed by atoms with Crippen molar-refractivity contribution in [3.05, 3.63) is 23.2 Å². The number of piperazine rings is 1. The van der Waals surface area contributed by atoms with Crippen LogP contribution in [0.2, 0.25) is 5.02 Å². The number of hydrogen-bond donors (Lipinski definition) is 1. The Morgan fingerprint density at radius 1 is 1.12 bits per heavy atom. The first-order valence-electron chi connectivity index (χ1n) is 14.1. The van der Waals surface area contributed by atoms with E-state index in [9.17, 15) is 36.4 Å². The third-order valence-corrected chi connectivity index (χ3v) is 12.0. The Labute approximate surface area is 246 Å². The van der Waals surface area contributed by atoms with Crippen LogP contribution >= 0.6 is 11.6 Å². The Bertz CT molecular complexity index is 1440. The predicted octanol–water partition coefficient (Wildman–Crippen LogP) is 3.45. The summed E-state index contributed by atoms with van der Waals surface area (Å²) in [5.74, 6) is -1.32. The van der Waals surface area contributed by atoms with Gasteiger partial charge in [-0.1, -0.05) is 11.6 Å². The number of nitriles is 1. The van der Waals surface area contributed by atoms with E-state index in [1.165, 1.54) is 6.07 Å². The molecule has 1 N–H and O–H groups in total. The first-order chi connectivity index (χ1) is 19.8. The van der Waals surface area contributed by atoms with Gasteiger partial charge in [0.1, 0.15) is 11.0 Å². The largest absolute Gasteiger partial charge is 0.425 e. The summed E-state index contributed by atoms with van der Waals surface area (Å²) in [5.41, 5.74) is -2.98. The van der Waals surface area contributed by atoms with Gasteiger partial charge in [0.25, 0.3) is 0 Å². The van der Waals surface area contributed by atoms with Crippen LogP contribution in [0.5, 0.6) is 0 Å². The fourth-order valence-electron chi connectivity index (χ4n) is 6.39. The number of anilines is 1. The van der Waals surface area contributed by atoms with Crippen molar-refractivity contribution < 1.29 is 35.9 Å². The molecule has 2 amide bonds. The van der Waals surface area contributed by atoms with Gasteiger partial charge in [0.2, 0.25) is 5.91 Å². The van der Waals surface area contributed by atoms with Crippen LogP contribution < -0.4 is 10.2 Å². The summed E-state index contributed by atoms with van der Waals surface area (Å²) < 4.78 is 74.4. The van der Waals surface area contributed by atoms with Crippen LogP contribution in [0, 0.1) is 16.7 Å². The van der Waals surface area contributed by atoms with Gasteiger partial charge in [0, 0.05) is 44.3 Å². The zero-order chi connectivity index (χ0) is 30.1. The van der Waals surface area contributed by atoms with Gasteiger partial charge in [0.15, 0.2) is 16.1 Å². The summed E-state index contributed by atoms with van der Waals surface area (Å²) in [5, 5.41) is 10.2. The van der Waals surface area contributed by atoms with Crippen molar-refractivity contribution in [2.45, 2.75) is 79.1 Å². The fourth-order valence-corrected chi connectivity index (χ4v) is 8.61.